The van der Waals surface area contributed by atoms with Gasteiger partial charge in [-0.05, 0) is 31.2 Å². The molecule has 20 heavy (non-hydrogen) atoms. The van der Waals surface area contributed by atoms with Crippen molar-refractivity contribution < 1.29 is 4.74 Å². The summed E-state index contributed by atoms with van der Waals surface area (Å²) in [7, 11) is 1.62. The minimum absolute atomic E-state index is 0.598. The van der Waals surface area contributed by atoms with Gasteiger partial charge in [0.15, 0.2) is 0 Å². The lowest BCUT2D eigenvalue weighted by Crippen LogP contribution is -2.39. The monoisotopic (exact) mass is 278 g/mol. The molecule has 0 aromatic carbocycles. The Morgan fingerprint density at radius 1 is 1.35 bits per heavy atom. The maximum atomic E-state index is 5.08. The van der Waals surface area contributed by atoms with E-state index in [0.29, 0.717) is 11.8 Å². The van der Waals surface area contributed by atoms with E-state index in [2.05, 4.69) is 34.0 Å². The van der Waals surface area contributed by atoms with Gasteiger partial charge in [0, 0.05) is 31.9 Å². The topological polar surface area (TPSA) is 50.3 Å². The van der Waals surface area contributed by atoms with Crippen molar-refractivity contribution in [2.75, 3.05) is 38.6 Å². The zero-order valence-corrected chi connectivity index (χ0v) is 12.8. The maximum Gasteiger partial charge on any atom is 0.225 e. The Hall–Kier alpha value is -1.36. The molecular formula is C15H26N4O. The van der Waals surface area contributed by atoms with Crippen LogP contribution in [0.2, 0.25) is 0 Å². The van der Waals surface area contributed by atoms with Crippen LogP contribution in [0.5, 0.6) is 5.88 Å². The van der Waals surface area contributed by atoms with E-state index in [1.807, 2.05) is 0 Å². The highest BCUT2D eigenvalue weighted by Gasteiger charge is 2.20. The van der Waals surface area contributed by atoms with E-state index in [1.54, 1.807) is 19.4 Å². The maximum absolute atomic E-state index is 5.08. The first-order chi connectivity index (χ1) is 9.67. The Balaban J connectivity index is 1.68. The Bertz CT molecular complexity index is 403. The van der Waals surface area contributed by atoms with E-state index >= 15 is 0 Å². The fourth-order valence-electron chi connectivity index (χ4n) is 3.02. The Labute approximate surface area is 121 Å². The summed E-state index contributed by atoms with van der Waals surface area (Å²) in [6, 6.07) is 1.75. The molecule has 1 N–H and O–H groups in total. The van der Waals surface area contributed by atoms with Gasteiger partial charge >= 0.3 is 0 Å². The van der Waals surface area contributed by atoms with Gasteiger partial charge in [0.1, 0.15) is 0 Å². The minimum Gasteiger partial charge on any atom is -0.481 e. The summed E-state index contributed by atoms with van der Waals surface area (Å²) in [4.78, 5) is 11.0. The summed E-state index contributed by atoms with van der Waals surface area (Å²) in [5.74, 6) is 2.90. The Morgan fingerprint density at radius 3 is 2.80 bits per heavy atom. The molecule has 5 nitrogen and oxygen atoms in total. The van der Waals surface area contributed by atoms with Gasteiger partial charge in [-0.3, -0.25) is 0 Å². The second kappa shape index (κ2) is 7.43. The van der Waals surface area contributed by atoms with Crippen molar-refractivity contribution >= 4 is 5.95 Å². The first-order valence-corrected chi connectivity index (χ1v) is 7.50. The molecule has 2 rings (SSSR count). The predicted molar refractivity (Wildman–Crippen MR) is 81.1 cm³/mol. The summed E-state index contributed by atoms with van der Waals surface area (Å²) in [6.45, 7) is 9.22. The Kier molecular flexibility index (Phi) is 5.59. The average molecular weight is 278 g/mol. The van der Waals surface area contributed by atoms with Gasteiger partial charge in [-0.15, -0.1) is 0 Å². The summed E-state index contributed by atoms with van der Waals surface area (Å²) in [6.07, 6.45) is 4.19. The van der Waals surface area contributed by atoms with Crippen molar-refractivity contribution in [1.29, 1.82) is 0 Å². The number of methoxy groups -OCH3 is 1. The highest BCUT2D eigenvalue weighted by atomic mass is 16.5. The van der Waals surface area contributed by atoms with Gasteiger partial charge in [-0.2, -0.15) is 4.98 Å². The standard InChI is InChI=1S/C15H26N4O/c1-12-9-13(2)11-19(10-12)8-4-6-16-15-17-7-5-14(18-15)20-3/h5,7,12-13H,4,6,8-11H2,1-3H3,(H,16,17,18). The number of aromatic nitrogens is 2. The second-order valence-electron chi connectivity index (χ2n) is 5.91. The number of anilines is 1. The van der Waals surface area contributed by atoms with E-state index in [9.17, 15) is 0 Å². The van der Waals surface area contributed by atoms with Crippen LogP contribution in [-0.2, 0) is 0 Å². The van der Waals surface area contributed by atoms with Gasteiger partial charge in [-0.1, -0.05) is 13.8 Å². The molecule has 2 atom stereocenters. The van der Waals surface area contributed by atoms with Crippen LogP contribution in [-0.4, -0.2) is 48.2 Å². The first-order valence-electron chi connectivity index (χ1n) is 7.50. The number of nitrogens with one attached hydrogen (secondary N) is 1. The summed E-state index contributed by atoms with van der Waals surface area (Å²) < 4.78 is 5.08. The van der Waals surface area contributed by atoms with E-state index < -0.39 is 0 Å². The number of likely N-dealkylation sites (tertiary alicyclic amines) is 1. The fourth-order valence-corrected chi connectivity index (χ4v) is 3.02. The smallest absolute Gasteiger partial charge is 0.225 e. The van der Waals surface area contributed by atoms with Gasteiger partial charge in [0.05, 0.1) is 7.11 Å². The van der Waals surface area contributed by atoms with Crippen molar-refractivity contribution in [3.8, 4) is 5.88 Å². The summed E-state index contributed by atoms with van der Waals surface area (Å²) >= 11 is 0. The van der Waals surface area contributed by atoms with Gasteiger partial charge in [0.25, 0.3) is 0 Å². The summed E-state index contributed by atoms with van der Waals surface area (Å²) in [5.41, 5.74) is 0. The number of ether oxygens (including phenoxy) is 1. The molecule has 1 saturated heterocycles. The van der Waals surface area contributed by atoms with Crippen molar-refractivity contribution in [3.05, 3.63) is 12.3 Å². The fraction of sp³-hybridized carbons (Fsp3) is 0.733. The predicted octanol–water partition coefficient (Wildman–Crippen LogP) is 2.27. The minimum atomic E-state index is 0.598. The lowest BCUT2D eigenvalue weighted by molar-refractivity contribution is 0.141. The molecule has 1 aromatic rings. The van der Waals surface area contributed by atoms with Crippen molar-refractivity contribution in [3.63, 3.8) is 0 Å². The van der Waals surface area contributed by atoms with Crippen LogP contribution in [0.15, 0.2) is 12.3 Å². The van der Waals surface area contributed by atoms with Crippen molar-refractivity contribution in [2.45, 2.75) is 26.7 Å². The molecule has 1 aliphatic rings. The molecule has 1 aliphatic heterocycles. The molecule has 2 unspecified atom stereocenters. The van der Waals surface area contributed by atoms with Crippen LogP contribution in [0.1, 0.15) is 26.7 Å². The normalized spacial score (nSPS) is 23.6. The molecule has 0 amide bonds. The quantitative estimate of drug-likeness (QED) is 0.809. The van der Waals surface area contributed by atoms with Gasteiger partial charge < -0.3 is 15.0 Å². The van der Waals surface area contributed by atoms with Crippen molar-refractivity contribution in [2.24, 2.45) is 11.8 Å². The molecule has 0 spiro atoms. The highest BCUT2D eigenvalue weighted by molar-refractivity contribution is 5.27. The van der Waals surface area contributed by atoms with E-state index in [4.69, 9.17) is 4.74 Å². The lowest BCUT2D eigenvalue weighted by atomic mass is 9.92. The lowest BCUT2D eigenvalue weighted by Gasteiger charge is -2.34. The Morgan fingerprint density at radius 2 is 2.10 bits per heavy atom. The van der Waals surface area contributed by atoms with Gasteiger partial charge in [0.2, 0.25) is 11.8 Å². The molecule has 0 radical (unpaired) electrons. The third-order valence-electron chi connectivity index (χ3n) is 3.72. The number of rotatable bonds is 6. The van der Waals surface area contributed by atoms with Crippen LogP contribution in [0.3, 0.4) is 0 Å². The van der Waals surface area contributed by atoms with Crippen LogP contribution in [0, 0.1) is 11.8 Å². The molecule has 0 saturated carbocycles. The molecule has 0 bridgehead atoms. The number of hydrogen-bond donors (Lipinski definition) is 1. The van der Waals surface area contributed by atoms with Gasteiger partial charge in [-0.25, -0.2) is 4.98 Å². The van der Waals surface area contributed by atoms with E-state index in [0.717, 1.165) is 31.3 Å². The van der Waals surface area contributed by atoms with Crippen LogP contribution >= 0.6 is 0 Å². The molecule has 5 heteroatoms. The molecular weight excluding hydrogens is 252 g/mol. The number of piperidine rings is 1. The van der Waals surface area contributed by atoms with Crippen LogP contribution < -0.4 is 10.1 Å². The number of hydrogen-bond acceptors (Lipinski definition) is 5. The summed E-state index contributed by atoms with van der Waals surface area (Å²) in [5, 5.41) is 3.25. The second-order valence-corrected chi connectivity index (χ2v) is 5.91. The first kappa shape index (κ1) is 15.0. The average Bonchev–Trinajstić information content (AvgIpc) is 2.43. The third kappa shape index (κ3) is 4.63. The largest absolute Gasteiger partial charge is 0.481 e. The molecule has 1 fully saturated rings. The van der Waals surface area contributed by atoms with E-state index in [-0.39, 0.29) is 0 Å². The molecule has 2 heterocycles. The zero-order chi connectivity index (χ0) is 14.4. The SMILES string of the molecule is COc1ccnc(NCCCN2CC(C)CC(C)C2)n1. The highest BCUT2D eigenvalue weighted by Crippen LogP contribution is 2.20. The van der Waals surface area contributed by atoms with Crippen LogP contribution in [0.25, 0.3) is 0 Å². The molecule has 112 valence electrons. The third-order valence-corrected chi connectivity index (χ3v) is 3.72. The molecule has 0 aliphatic carbocycles. The van der Waals surface area contributed by atoms with E-state index in [1.165, 1.54) is 19.5 Å². The van der Waals surface area contributed by atoms with Crippen molar-refractivity contribution in [1.82, 2.24) is 14.9 Å². The van der Waals surface area contributed by atoms with Crippen LogP contribution in [0.4, 0.5) is 5.95 Å². The zero-order valence-electron chi connectivity index (χ0n) is 12.8. The number of nitrogens with zero attached hydrogens (tertiary/aromatic N) is 3. The molecule has 1 aromatic heterocycles.